The molecule has 1 aromatic carbocycles. The molecule has 1 amide bonds. The number of hydrogen-bond donors (Lipinski definition) is 1. The van der Waals surface area contributed by atoms with E-state index in [1.165, 1.54) is 11.1 Å². The average Bonchev–Trinajstić information content (AvgIpc) is 2.85. The molecule has 0 radical (unpaired) electrons. The maximum Gasteiger partial charge on any atom is 0.255 e. The molecule has 0 fully saturated rings. The normalized spacial score (nSPS) is 10.6. The highest BCUT2D eigenvalue weighted by molar-refractivity contribution is 6.04. The summed E-state index contributed by atoms with van der Waals surface area (Å²) >= 11 is 0. The first kappa shape index (κ1) is 15.9. The van der Waals surface area contributed by atoms with Crippen LogP contribution in [0.1, 0.15) is 32.9 Å². The summed E-state index contributed by atoms with van der Waals surface area (Å²) in [5, 5.41) is 7.52. The number of amides is 1. The molecule has 1 N–H and O–H groups in total. The summed E-state index contributed by atoms with van der Waals surface area (Å²) in [7, 11) is 0. The molecule has 0 spiro atoms. The Morgan fingerprint density at radius 3 is 2.38 bits per heavy atom. The number of carbonyl (C=O) groups excluding carboxylic acids is 1. The van der Waals surface area contributed by atoms with Gasteiger partial charge in [0.05, 0.1) is 23.6 Å². The molecule has 0 saturated carbocycles. The number of carbonyl (C=O) groups is 1. The van der Waals surface area contributed by atoms with Gasteiger partial charge in [0.1, 0.15) is 0 Å². The number of aromatic nitrogens is 3. The van der Waals surface area contributed by atoms with Crippen LogP contribution in [0.4, 0.5) is 5.69 Å². The maximum absolute atomic E-state index is 12.3. The van der Waals surface area contributed by atoms with E-state index in [4.69, 9.17) is 0 Å². The highest BCUT2D eigenvalue weighted by atomic mass is 16.1. The van der Waals surface area contributed by atoms with E-state index in [1.54, 1.807) is 24.5 Å². The molecule has 5 nitrogen and oxygen atoms in total. The van der Waals surface area contributed by atoms with Crippen molar-refractivity contribution >= 4 is 11.6 Å². The van der Waals surface area contributed by atoms with Crippen molar-refractivity contribution in [1.29, 1.82) is 0 Å². The molecule has 122 valence electrons. The molecule has 0 aliphatic carbocycles. The largest absolute Gasteiger partial charge is 0.319 e. The van der Waals surface area contributed by atoms with Gasteiger partial charge < -0.3 is 5.32 Å². The van der Waals surface area contributed by atoms with Crippen LogP contribution in [0.2, 0.25) is 0 Å². The minimum atomic E-state index is -0.154. The average molecular weight is 320 g/mol. The van der Waals surface area contributed by atoms with Crippen molar-refractivity contribution in [2.45, 2.75) is 27.3 Å². The van der Waals surface area contributed by atoms with Gasteiger partial charge in [0.15, 0.2) is 0 Å². The topological polar surface area (TPSA) is 59.8 Å². The van der Waals surface area contributed by atoms with E-state index >= 15 is 0 Å². The van der Waals surface area contributed by atoms with Gasteiger partial charge in [-0.3, -0.25) is 14.5 Å². The molecule has 0 atom stereocenters. The van der Waals surface area contributed by atoms with Crippen molar-refractivity contribution in [2.75, 3.05) is 5.32 Å². The Morgan fingerprint density at radius 2 is 1.71 bits per heavy atom. The van der Waals surface area contributed by atoms with E-state index in [0.717, 1.165) is 17.1 Å². The van der Waals surface area contributed by atoms with Crippen molar-refractivity contribution in [1.82, 2.24) is 14.8 Å². The highest BCUT2D eigenvalue weighted by Gasteiger charge is 2.15. The van der Waals surface area contributed by atoms with E-state index in [1.807, 2.05) is 18.5 Å². The predicted octanol–water partition coefficient (Wildman–Crippen LogP) is 3.50. The van der Waals surface area contributed by atoms with E-state index in [0.29, 0.717) is 12.1 Å². The Hall–Kier alpha value is -2.95. The zero-order valence-electron chi connectivity index (χ0n) is 14.1. The first-order valence-electron chi connectivity index (χ1n) is 7.85. The van der Waals surface area contributed by atoms with Crippen LogP contribution < -0.4 is 5.32 Å². The summed E-state index contributed by atoms with van der Waals surface area (Å²) in [5.41, 5.74) is 5.51. The molecule has 2 heterocycles. The molecule has 3 rings (SSSR count). The van der Waals surface area contributed by atoms with Crippen molar-refractivity contribution in [3.8, 4) is 0 Å². The second-order valence-corrected chi connectivity index (χ2v) is 5.88. The van der Waals surface area contributed by atoms with Crippen molar-refractivity contribution < 1.29 is 4.79 Å². The SMILES string of the molecule is Cc1ccc(Cn2nc(C)c(NC(=O)c3ccncc3)c2C)cc1. The summed E-state index contributed by atoms with van der Waals surface area (Å²) in [6.45, 7) is 6.62. The van der Waals surface area contributed by atoms with Gasteiger partial charge in [0.25, 0.3) is 5.91 Å². The third-order valence-corrected chi connectivity index (χ3v) is 4.02. The first-order chi connectivity index (χ1) is 11.5. The molecule has 0 saturated heterocycles. The Balaban J connectivity index is 1.81. The molecule has 24 heavy (non-hydrogen) atoms. The molecule has 5 heteroatoms. The number of nitrogens with zero attached hydrogens (tertiary/aromatic N) is 3. The summed E-state index contributed by atoms with van der Waals surface area (Å²) < 4.78 is 1.92. The standard InChI is InChI=1S/C19H20N4O/c1-13-4-6-16(7-5-13)12-23-15(3)18(14(2)22-23)21-19(24)17-8-10-20-11-9-17/h4-11H,12H2,1-3H3,(H,21,24). The van der Waals surface area contributed by atoms with Crippen LogP contribution in [-0.2, 0) is 6.54 Å². The highest BCUT2D eigenvalue weighted by Crippen LogP contribution is 2.21. The number of pyridine rings is 1. The van der Waals surface area contributed by atoms with Crippen LogP contribution in [0.15, 0.2) is 48.8 Å². The summed E-state index contributed by atoms with van der Waals surface area (Å²) in [6, 6.07) is 11.8. The van der Waals surface area contributed by atoms with Crippen molar-refractivity contribution in [2.24, 2.45) is 0 Å². The van der Waals surface area contributed by atoms with Crippen LogP contribution in [-0.4, -0.2) is 20.7 Å². The van der Waals surface area contributed by atoms with Gasteiger partial charge in [-0.25, -0.2) is 0 Å². The van der Waals surface area contributed by atoms with Gasteiger partial charge >= 0.3 is 0 Å². The van der Waals surface area contributed by atoms with Crippen molar-refractivity contribution in [3.05, 3.63) is 76.9 Å². The lowest BCUT2D eigenvalue weighted by atomic mass is 10.1. The number of benzene rings is 1. The van der Waals surface area contributed by atoms with Gasteiger partial charge in [-0.15, -0.1) is 0 Å². The third-order valence-electron chi connectivity index (χ3n) is 4.02. The van der Waals surface area contributed by atoms with Gasteiger partial charge in [0, 0.05) is 18.0 Å². The van der Waals surface area contributed by atoms with Crippen LogP contribution in [0.25, 0.3) is 0 Å². The molecule has 3 aromatic rings. The van der Waals surface area contributed by atoms with E-state index in [9.17, 15) is 4.79 Å². The molecule has 0 bridgehead atoms. The number of nitrogens with one attached hydrogen (secondary N) is 1. The van der Waals surface area contributed by atoms with Crippen LogP contribution in [0.3, 0.4) is 0 Å². The Bertz CT molecular complexity index is 851. The molecular formula is C19H20N4O. The third kappa shape index (κ3) is 3.35. The molecule has 0 unspecified atom stereocenters. The number of aryl methyl sites for hydroxylation is 2. The number of hydrogen-bond acceptors (Lipinski definition) is 3. The fourth-order valence-corrected chi connectivity index (χ4v) is 2.59. The summed E-state index contributed by atoms with van der Waals surface area (Å²) in [5.74, 6) is -0.154. The van der Waals surface area contributed by atoms with E-state index < -0.39 is 0 Å². The predicted molar refractivity (Wildman–Crippen MR) is 94.2 cm³/mol. The lowest BCUT2D eigenvalue weighted by Gasteiger charge is -2.07. The fourth-order valence-electron chi connectivity index (χ4n) is 2.59. The molecule has 2 aromatic heterocycles. The van der Waals surface area contributed by atoms with Gasteiger partial charge in [-0.05, 0) is 38.5 Å². The van der Waals surface area contributed by atoms with Crippen molar-refractivity contribution in [3.63, 3.8) is 0 Å². The van der Waals surface area contributed by atoms with Crippen LogP contribution in [0, 0.1) is 20.8 Å². The monoisotopic (exact) mass is 320 g/mol. The van der Waals surface area contributed by atoms with E-state index in [2.05, 4.69) is 46.6 Å². The summed E-state index contributed by atoms with van der Waals surface area (Å²) in [4.78, 5) is 16.3. The second-order valence-electron chi connectivity index (χ2n) is 5.88. The zero-order chi connectivity index (χ0) is 17.1. The second kappa shape index (κ2) is 6.66. The fraction of sp³-hybridized carbons (Fsp3) is 0.211. The lowest BCUT2D eigenvalue weighted by molar-refractivity contribution is 0.102. The maximum atomic E-state index is 12.3. The van der Waals surface area contributed by atoms with Crippen LogP contribution >= 0.6 is 0 Å². The first-order valence-corrected chi connectivity index (χ1v) is 7.85. The molecule has 0 aliphatic heterocycles. The minimum Gasteiger partial charge on any atom is -0.319 e. The lowest BCUT2D eigenvalue weighted by Crippen LogP contribution is -2.13. The molecule has 0 aliphatic rings. The minimum absolute atomic E-state index is 0.154. The Morgan fingerprint density at radius 1 is 1.04 bits per heavy atom. The summed E-state index contributed by atoms with van der Waals surface area (Å²) in [6.07, 6.45) is 3.21. The van der Waals surface area contributed by atoms with Gasteiger partial charge in [-0.2, -0.15) is 5.10 Å². The zero-order valence-corrected chi connectivity index (χ0v) is 14.1. The van der Waals surface area contributed by atoms with Gasteiger partial charge in [0.2, 0.25) is 0 Å². The van der Waals surface area contributed by atoms with Gasteiger partial charge in [-0.1, -0.05) is 29.8 Å². The quantitative estimate of drug-likeness (QED) is 0.800. The number of anilines is 1. The van der Waals surface area contributed by atoms with E-state index in [-0.39, 0.29) is 5.91 Å². The van der Waals surface area contributed by atoms with Crippen LogP contribution in [0.5, 0.6) is 0 Å². The molecular weight excluding hydrogens is 300 g/mol. The Labute approximate surface area is 141 Å². The smallest absolute Gasteiger partial charge is 0.255 e. The number of rotatable bonds is 4. The Kier molecular flexibility index (Phi) is 4.42.